The molecule has 0 bridgehead atoms. The van der Waals surface area contributed by atoms with Crippen LogP contribution in [0.2, 0.25) is 0 Å². The van der Waals surface area contributed by atoms with Crippen LogP contribution >= 0.6 is 0 Å². The lowest BCUT2D eigenvalue weighted by Crippen LogP contribution is -2.14. The third-order valence-corrected chi connectivity index (χ3v) is 3.51. The van der Waals surface area contributed by atoms with E-state index in [2.05, 4.69) is 5.32 Å². The lowest BCUT2D eigenvalue weighted by Gasteiger charge is -2.10. The number of nitrogens with zero attached hydrogens (tertiary/aromatic N) is 1. The highest BCUT2D eigenvalue weighted by Gasteiger charge is 2.14. The van der Waals surface area contributed by atoms with Gasteiger partial charge in [-0.25, -0.2) is 0 Å². The Morgan fingerprint density at radius 2 is 1.81 bits per heavy atom. The lowest BCUT2D eigenvalue weighted by molar-refractivity contribution is -0.385. The molecule has 5 heteroatoms. The molecule has 5 nitrogen and oxygen atoms in total. The molecule has 2 aromatic rings. The highest BCUT2D eigenvalue weighted by atomic mass is 16.6. The molecule has 0 heterocycles. The topological polar surface area (TPSA) is 72.2 Å². The molecule has 0 aliphatic carbocycles. The van der Waals surface area contributed by atoms with Crippen molar-refractivity contribution in [3.8, 4) is 0 Å². The quantitative estimate of drug-likeness (QED) is 0.688. The van der Waals surface area contributed by atoms with Gasteiger partial charge in [-0.1, -0.05) is 18.2 Å². The summed E-state index contributed by atoms with van der Waals surface area (Å²) in [5.41, 5.74) is 3.46. The van der Waals surface area contributed by atoms with E-state index < -0.39 is 4.92 Å². The molecule has 2 aromatic carbocycles. The molecule has 0 aromatic heterocycles. The van der Waals surface area contributed by atoms with Crippen molar-refractivity contribution in [2.24, 2.45) is 0 Å². The van der Waals surface area contributed by atoms with Gasteiger partial charge in [0, 0.05) is 22.9 Å². The zero-order valence-electron chi connectivity index (χ0n) is 12.1. The highest BCUT2D eigenvalue weighted by molar-refractivity contribution is 6.05. The maximum absolute atomic E-state index is 12.3. The third-order valence-electron chi connectivity index (χ3n) is 3.51. The number of nitrogens with one attached hydrogen (secondary N) is 1. The van der Waals surface area contributed by atoms with Gasteiger partial charge in [0.2, 0.25) is 0 Å². The first kappa shape index (κ1) is 14.7. The summed E-state index contributed by atoms with van der Waals surface area (Å²) in [6.07, 6.45) is 0. The van der Waals surface area contributed by atoms with E-state index in [0.717, 1.165) is 11.1 Å². The molecule has 0 unspecified atom stereocenters. The van der Waals surface area contributed by atoms with Crippen molar-refractivity contribution in [1.82, 2.24) is 0 Å². The predicted octanol–water partition coefficient (Wildman–Crippen LogP) is 3.77. The van der Waals surface area contributed by atoms with Gasteiger partial charge in [-0.2, -0.15) is 0 Å². The summed E-state index contributed by atoms with van der Waals surface area (Å²) >= 11 is 0. The van der Waals surface area contributed by atoms with Gasteiger partial charge in [-0.05, 0) is 44.0 Å². The van der Waals surface area contributed by atoms with Crippen LogP contribution in [0.1, 0.15) is 27.0 Å². The summed E-state index contributed by atoms with van der Waals surface area (Å²) in [6, 6.07) is 10.1. The molecule has 0 fully saturated rings. The minimum absolute atomic E-state index is 0.00577. The summed E-state index contributed by atoms with van der Waals surface area (Å²) in [6.45, 7) is 5.47. The molecular formula is C16H16N2O3. The van der Waals surface area contributed by atoms with E-state index >= 15 is 0 Å². The first-order valence-electron chi connectivity index (χ1n) is 6.52. The monoisotopic (exact) mass is 284 g/mol. The Hall–Kier alpha value is -2.69. The van der Waals surface area contributed by atoms with Crippen LogP contribution in [-0.2, 0) is 0 Å². The average Bonchev–Trinajstić information content (AvgIpc) is 2.43. The van der Waals surface area contributed by atoms with Crippen LogP contribution in [0.3, 0.4) is 0 Å². The van der Waals surface area contributed by atoms with Crippen molar-refractivity contribution in [2.75, 3.05) is 5.32 Å². The van der Waals surface area contributed by atoms with Crippen molar-refractivity contribution < 1.29 is 9.72 Å². The van der Waals surface area contributed by atoms with Gasteiger partial charge in [-0.15, -0.1) is 0 Å². The number of benzene rings is 2. The molecule has 1 N–H and O–H groups in total. The number of carbonyl (C=O) groups excluding carboxylic acids is 1. The van der Waals surface area contributed by atoms with Gasteiger partial charge < -0.3 is 5.32 Å². The smallest absolute Gasteiger partial charge is 0.274 e. The number of hydrogen-bond acceptors (Lipinski definition) is 3. The molecule has 0 spiro atoms. The van der Waals surface area contributed by atoms with Gasteiger partial charge in [0.25, 0.3) is 11.6 Å². The summed E-state index contributed by atoms with van der Waals surface area (Å²) in [7, 11) is 0. The second kappa shape index (κ2) is 5.75. The fourth-order valence-corrected chi connectivity index (χ4v) is 2.08. The number of nitro benzene ring substituents is 1. The molecule has 0 radical (unpaired) electrons. The van der Waals surface area contributed by atoms with Crippen LogP contribution in [0.5, 0.6) is 0 Å². The minimum atomic E-state index is -0.455. The lowest BCUT2D eigenvalue weighted by atomic mass is 10.0. The molecule has 108 valence electrons. The summed E-state index contributed by atoms with van der Waals surface area (Å²) in [4.78, 5) is 22.7. The van der Waals surface area contributed by atoms with E-state index in [1.807, 2.05) is 26.0 Å². The van der Waals surface area contributed by atoms with Crippen LogP contribution in [0.15, 0.2) is 36.4 Å². The largest absolute Gasteiger partial charge is 0.322 e. The van der Waals surface area contributed by atoms with Gasteiger partial charge in [-0.3, -0.25) is 14.9 Å². The van der Waals surface area contributed by atoms with Crippen LogP contribution in [0.25, 0.3) is 0 Å². The number of anilines is 1. The molecule has 0 saturated heterocycles. The van der Waals surface area contributed by atoms with Crippen molar-refractivity contribution in [2.45, 2.75) is 20.8 Å². The van der Waals surface area contributed by atoms with Crippen LogP contribution in [0.4, 0.5) is 11.4 Å². The Kier molecular flexibility index (Phi) is 4.03. The molecular weight excluding hydrogens is 268 g/mol. The molecule has 0 aliphatic rings. The maximum Gasteiger partial charge on any atom is 0.274 e. The number of carbonyl (C=O) groups is 1. The highest BCUT2D eigenvalue weighted by Crippen LogP contribution is 2.23. The van der Waals surface area contributed by atoms with Gasteiger partial charge in [0.05, 0.1) is 4.92 Å². The minimum Gasteiger partial charge on any atom is -0.322 e. The fraction of sp³-hybridized carbons (Fsp3) is 0.188. The van der Waals surface area contributed by atoms with E-state index in [9.17, 15) is 14.9 Å². The number of amides is 1. The molecule has 21 heavy (non-hydrogen) atoms. The maximum atomic E-state index is 12.3. The first-order valence-corrected chi connectivity index (χ1v) is 6.52. The summed E-state index contributed by atoms with van der Waals surface area (Å²) < 4.78 is 0. The second-order valence-corrected chi connectivity index (χ2v) is 4.96. The molecule has 0 saturated carbocycles. The Bertz CT molecular complexity index is 723. The fourth-order valence-electron chi connectivity index (χ4n) is 2.08. The number of rotatable bonds is 3. The summed E-state index contributed by atoms with van der Waals surface area (Å²) in [5.74, 6) is -0.269. The van der Waals surface area contributed by atoms with Gasteiger partial charge in [0.1, 0.15) is 0 Å². The second-order valence-electron chi connectivity index (χ2n) is 4.96. The van der Waals surface area contributed by atoms with E-state index in [1.54, 1.807) is 25.1 Å². The Morgan fingerprint density at radius 1 is 1.10 bits per heavy atom. The normalized spacial score (nSPS) is 10.2. The summed E-state index contributed by atoms with van der Waals surface area (Å²) in [5, 5.41) is 13.6. The Morgan fingerprint density at radius 3 is 2.48 bits per heavy atom. The standard InChI is InChI=1S/C16H16N2O3/c1-10-5-4-6-14(12(10)3)16(19)17-13-8-7-11(2)15(9-13)18(20)21/h4-9H,1-3H3,(H,17,19). The van der Waals surface area contributed by atoms with Crippen LogP contribution < -0.4 is 5.32 Å². The molecule has 0 aliphatic heterocycles. The van der Waals surface area contributed by atoms with Crippen molar-refractivity contribution in [3.05, 3.63) is 68.8 Å². The van der Waals surface area contributed by atoms with E-state index in [4.69, 9.17) is 0 Å². The van der Waals surface area contributed by atoms with Crippen molar-refractivity contribution in [1.29, 1.82) is 0 Å². The molecule has 2 rings (SSSR count). The number of nitro groups is 1. The zero-order chi connectivity index (χ0) is 15.6. The predicted molar refractivity (Wildman–Crippen MR) is 81.7 cm³/mol. The van der Waals surface area contributed by atoms with E-state index in [1.165, 1.54) is 6.07 Å². The SMILES string of the molecule is Cc1ccc(NC(=O)c2cccc(C)c2C)cc1[N+](=O)[O-]. The van der Waals surface area contributed by atoms with E-state index in [0.29, 0.717) is 16.8 Å². The Labute approximate surface area is 122 Å². The van der Waals surface area contributed by atoms with Crippen LogP contribution in [-0.4, -0.2) is 10.8 Å². The zero-order valence-corrected chi connectivity index (χ0v) is 12.1. The van der Waals surface area contributed by atoms with Gasteiger partial charge >= 0.3 is 0 Å². The Balaban J connectivity index is 2.30. The molecule has 1 amide bonds. The first-order chi connectivity index (χ1) is 9.90. The third kappa shape index (κ3) is 3.08. The van der Waals surface area contributed by atoms with E-state index in [-0.39, 0.29) is 11.6 Å². The average molecular weight is 284 g/mol. The molecule has 0 atom stereocenters. The number of aryl methyl sites for hydroxylation is 2. The van der Waals surface area contributed by atoms with Gasteiger partial charge in [0.15, 0.2) is 0 Å². The van der Waals surface area contributed by atoms with Crippen molar-refractivity contribution in [3.63, 3.8) is 0 Å². The van der Waals surface area contributed by atoms with Crippen LogP contribution in [0, 0.1) is 30.9 Å². The van der Waals surface area contributed by atoms with Crippen molar-refractivity contribution >= 4 is 17.3 Å². The number of hydrogen-bond donors (Lipinski definition) is 1.